The second kappa shape index (κ2) is 1.86. The summed E-state index contributed by atoms with van der Waals surface area (Å²) in [4.78, 5) is 6.74. The number of aromatic nitrogens is 2. The van der Waals surface area contributed by atoms with Crippen molar-refractivity contribution in [2.75, 3.05) is 5.73 Å². The van der Waals surface area contributed by atoms with Crippen LogP contribution in [0.5, 0.6) is 0 Å². The van der Waals surface area contributed by atoms with Gasteiger partial charge in [-0.3, -0.25) is 0 Å². The second-order valence-corrected chi connectivity index (χ2v) is 1.63. The Morgan fingerprint density at radius 2 is 2.62 bits per heavy atom. The molecule has 0 amide bonds. The minimum Gasteiger partial charge on any atom is -0.369 e. The van der Waals surface area contributed by atoms with Crippen molar-refractivity contribution in [3.05, 3.63) is 11.9 Å². The summed E-state index contributed by atoms with van der Waals surface area (Å²) in [5.74, 6) is 0.502. The lowest BCUT2D eigenvalue weighted by Gasteiger charge is -1.79. The topological polar surface area (TPSA) is 54.7 Å². The third-order valence-corrected chi connectivity index (χ3v) is 1.01. The van der Waals surface area contributed by atoms with E-state index in [0.29, 0.717) is 5.95 Å². The fraction of sp³-hybridized carbons (Fsp3) is 0.400. The molecule has 0 saturated carbocycles. The van der Waals surface area contributed by atoms with Crippen LogP contribution in [0.4, 0.5) is 5.95 Å². The van der Waals surface area contributed by atoms with Gasteiger partial charge in [0.1, 0.15) is 0 Å². The zero-order valence-electron chi connectivity index (χ0n) is 4.81. The molecule has 3 heteroatoms. The van der Waals surface area contributed by atoms with Crippen molar-refractivity contribution in [3.8, 4) is 0 Å². The van der Waals surface area contributed by atoms with Gasteiger partial charge in [0.05, 0.1) is 5.69 Å². The number of aromatic amines is 1. The minimum absolute atomic E-state index is 0.502. The Labute approximate surface area is 47.9 Å². The van der Waals surface area contributed by atoms with Gasteiger partial charge < -0.3 is 10.7 Å². The minimum atomic E-state index is 0.502. The Hall–Kier alpha value is -0.990. The fourth-order valence-electron chi connectivity index (χ4n) is 0.558. The van der Waals surface area contributed by atoms with E-state index < -0.39 is 0 Å². The van der Waals surface area contributed by atoms with E-state index in [2.05, 4.69) is 9.97 Å². The Balaban J connectivity index is 2.84. The van der Waals surface area contributed by atoms with Crippen LogP contribution in [-0.2, 0) is 6.42 Å². The molecule has 0 aliphatic heterocycles. The zero-order chi connectivity index (χ0) is 5.98. The summed E-state index contributed by atoms with van der Waals surface area (Å²) >= 11 is 0. The Kier molecular flexibility index (Phi) is 1.20. The fourth-order valence-corrected chi connectivity index (χ4v) is 0.558. The number of nitrogens with zero attached hydrogens (tertiary/aromatic N) is 1. The maximum absolute atomic E-state index is 5.29. The number of imidazole rings is 1. The monoisotopic (exact) mass is 111 g/mol. The van der Waals surface area contributed by atoms with E-state index in [0.717, 1.165) is 12.1 Å². The molecule has 1 heterocycles. The van der Waals surface area contributed by atoms with Crippen molar-refractivity contribution in [3.63, 3.8) is 0 Å². The molecule has 0 bridgehead atoms. The molecule has 0 atom stereocenters. The van der Waals surface area contributed by atoms with Crippen LogP contribution >= 0.6 is 0 Å². The molecule has 0 unspecified atom stereocenters. The van der Waals surface area contributed by atoms with Gasteiger partial charge in [-0.1, -0.05) is 6.92 Å². The lowest BCUT2D eigenvalue weighted by molar-refractivity contribution is 1.07. The quantitative estimate of drug-likeness (QED) is 0.556. The molecule has 1 aromatic rings. The molecule has 0 aliphatic rings. The molecule has 1 rings (SSSR count). The molecule has 0 spiro atoms. The lowest BCUT2D eigenvalue weighted by Crippen LogP contribution is -1.85. The number of aryl methyl sites for hydroxylation is 1. The molecule has 44 valence electrons. The van der Waals surface area contributed by atoms with Crippen LogP contribution < -0.4 is 5.73 Å². The summed E-state index contributed by atoms with van der Waals surface area (Å²) in [6, 6.07) is 0. The zero-order valence-corrected chi connectivity index (χ0v) is 4.81. The summed E-state index contributed by atoms with van der Waals surface area (Å²) < 4.78 is 0. The van der Waals surface area contributed by atoms with Crippen molar-refractivity contribution in [1.82, 2.24) is 9.97 Å². The molecule has 0 aliphatic carbocycles. The first kappa shape index (κ1) is 5.15. The van der Waals surface area contributed by atoms with Gasteiger partial charge in [0.2, 0.25) is 0 Å². The summed E-state index contributed by atoms with van der Waals surface area (Å²) in [6.07, 6.45) is 2.75. The van der Waals surface area contributed by atoms with Gasteiger partial charge in [0.15, 0.2) is 5.95 Å². The van der Waals surface area contributed by atoms with E-state index in [1.165, 1.54) is 0 Å². The largest absolute Gasteiger partial charge is 0.369 e. The molecular formula is C5H9N3. The second-order valence-electron chi connectivity index (χ2n) is 1.63. The van der Waals surface area contributed by atoms with Crippen LogP contribution in [-0.4, -0.2) is 9.97 Å². The average molecular weight is 111 g/mol. The van der Waals surface area contributed by atoms with Crippen LogP contribution in [0.1, 0.15) is 12.6 Å². The van der Waals surface area contributed by atoms with E-state index in [9.17, 15) is 0 Å². The Morgan fingerprint density at radius 1 is 1.88 bits per heavy atom. The van der Waals surface area contributed by atoms with E-state index in [-0.39, 0.29) is 0 Å². The van der Waals surface area contributed by atoms with E-state index in [4.69, 9.17) is 5.73 Å². The summed E-state index contributed by atoms with van der Waals surface area (Å²) in [7, 11) is 0. The molecule has 3 N–H and O–H groups in total. The first-order valence-corrected chi connectivity index (χ1v) is 2.62. The van der Waals surface area contributed by atoms with Gasteiger partial charge in [-0.2, -0.15) is 0 Å². The number of hydrogen-bond acceptors (Lipinski definition) is 2. The summed E-state index contributed by atoms with van der Waals surface area (Å²) in [5.41, 5.74) is 6.30. The van der Waals surface area contributed by atoms with Crippen LogP contribution in [0.15, 0.2) is 6.20 Å². The molecular weight excluding hydrogens is 102 g/mol. The molecule has 8 heavy (non-hydrogen) atoms. The molecule has 3 nitrogen and oxygen atoms in total. The maximum atomic E-state index is 5.29. The first-order valence-electron chi connectivity index (χ1n) is 2.62. The number of anilines is 1. The highest BCUT2D eigenvalue weighted by atomic mass is 15.0. The third-order valence-electron chi connectivity index (χ3n) is 1.01. The van der Waals surface area contributed by atoms with Crippen LogP contribution in [0.2, 0.25) is 0 Å². The highest BCUT2D eigenvalue weighted by Crippen LogP contribution is 1.96. The molecule has 0 saturated heterocycles. The SMILES string of the molecule is CCc1c[nH]c(N)n1. The van der Waals surface area contributed by atoms with Gasteiger partial charge in [0, 0.05) is 6.20 Å². The van der Waals surface area contributed by atoms with Gasteiger partial charge in [-0.25, -0.2) is 4.98 Å². The average Bonchev–Trinajstić information content (AvgIpc) is 2.14. The highest BCUT2D eigenvalue weighted by molar-refractivity contribution is 5.17. The number of nitrogen functional groups attached to an aromatic ring is 1. The number of hydrogen-bond donors (Lipinski definition) is 2. The Bertz CT molecular complexity index is 168. The van der Waals surface area contributed by atoms with E-state index >= 15 is 0 Å². The van der Waals surface area contributed by atoms with E-state index in [1.807, 2.05) is 13.1 Å². The molecule has 1 aromatic heterocycles. The van der Waals surface area contributed by atoms with Gasteiger partial charge in [0.25, 0.3) is 0 Å². The van der Waals surface area contributed by atoms with Gasteiger partial charge in [-0.15, -0.1) is 0 Å². The van der Waals surface area contributed by atoms with Crippen molar-refractivity contribution < 1.29 is 0 Å². The van der Waals surface area contributed by atoms with Crippen molar-refractivity contribution in [2.24, 2.45) is 0 Å². The van der Waals surface area contributed by atoms with Crippen LogP contribution in [0.3, 0.4) is 0 Å². The smallest absolute Gasteiger partial charge is 0.197 e. The lowest BCUT2D eigenvalue weighted by atomic mass is 10.4. The molecule has 0 aromatic carbocycles. The number of nitrogens with one attached hydrogen (secondary N) is 1. The van der Waals surface area contributed by atoms with Crippen LogP contribution in [0, 0.1) is 0 Å². The van der Waals surface area contributed by atoms with Gasteiger partial charge >= 0.3 is 0 Å². The van der Waals surface area contributed by atoms with Crippen molar-refractivity contribution in [2.45, 2.75) is 13.3 Å². The summed E-state index contributed by atoms with van der Waals surface area (Å²) in [5, 5.41) is 0. The number of H-pyrrole nitrogens is 1. The first-order chi connectivity index (χ1) is 3.83. The summed E-state index contributed by atoms with van der Waals surface area (Å²) in [6.45, 7) is 2.04. The third kappa shape index (κ3) is 0.804. The van der Waals surface area contributed by atoms with Crippen molar-refractivity contribution >= 4 is 5.95 Å². The van der Waals surface area contributed by atoms with E-state index in [1.54, 1.807) is 0 Å². The van der Waals surface area contributed by atoms with Crippen molar-refractivity contribution in [1.29, 1.82) is 0 Å². The molecule has 0 fully saturated rings. The number of nitrogens with two attached hydrogens (primary N) is 1. The highest BCUT2D eigenvalue weighted by Gasteiger charge is 1.90. The maximum Gasteiger partial charge on any atom is 0.197 e. The molecule has 0 radical (unpaired) electrons. The predicted octanol–water partition coefficient (Wildman–Crippen LogP) is 0.554. The van der Waals surface area contributed by atoms with Gasteiger partial charge in [-0.05, 0) is 6.42 Å². The van der Waals surface area contributed by atoms with Crippen LogP contribution in [0.25, 0.3) is 0 Å². The standard InChI is InChI=1S/C5H9N3/c1-2-4-3-7-5(6)8-4/h3H,2H2,1H3,(H3,6,7,8). The predicted molar refractivity (Wildman–Crippen MR) is 32.4 cm³/mol. The normalized spacial score (nSPS) is 9.62. The number of rotatable bonds is 1. The Morgan fingerprint density at radius 3 is 2.88 bits per heavy atom.